The van der Waals surface area contributed by atoms with Crippen molar-refractivity contribution in [2.75, 3.05) is 43.4 Å². The molecule has 0 spiro atoms. The van der Waals surface area contributed by atoms with Gasteiger partial charge in [0.05, 0.1) is 11.9 Å². The number of pyridine rings is 1. The number of alkyl halides is 3. The van der Waals surface area contributed by atoms with Crippen LogP contribution in [-0.4, -0.2) is 65.1 Å². The van der Waals surface area contributed by atoms with Gasteiger partial charge in [-0.1, -0.05) is 6.92 Å². The number of carbonyl (C=O) groups is 2. The summed E-state index contributed by atoms with van der Waals surface area (Å²) in [5.41, 5.74) is -0.541. The highest BCUT2D eigenvalue weighted by Crippen LogP contribution is 2.35. The van der Waals surface area contributed by atoms with Crippen molar-refractivity contribution in [1.82, 2.24) is 25.4 Å². The first-order valence-electron chi connectivity index (χ1n) is 10.6. The zero-order chi connectivity index (χ0) is 24.0. The molecule has 2 amide bonds. The quantitative estimate of drug-likeness (QED) is 0.647. The second-order valence-electron chi connectivity index (χ2n) is 7.65. The number of rotatable bonds is 7. The third-order valence-electron chi connectivity index (χ3n) is 5.18. The Balaban J connectivity index is 1.66. The highest BCUT2D eigenvalue weighted by molar-refractivity contribution is 5.92. The monoisotopic (exact) mass is 465 g/mol. The van der Waals surface area contributed by atoms with E-state index in [1.165, 1.54) is 19.2 Å². The topological polar surface area (TPSA) is 103 Å². The van der Waals surface area contributed by atoms with E-state index in [9.17, 15) is 22.8 Å². The maximum atomic E-state index is 13.6. The minimum absolute atomic E-state index is 0.0405. The van der Waals surface area contributed by atoms with Crippen LogP contribution in [0.4, 0.5) is 24.7 Å². The number of anilines is 2. The van der Waals surface area contributed by atoms with Crippen LogP contribution < -0.4 is 15.5 Å². The van der Waals surface area contributed by atoms with Gasteiger partial charge in [-0.25, -0.2) is 4.98 Å². The molecule has 33 heavy (non-hydrogen) atoms. The molecule has 3 rings (SSSR count). The molecule has 0 atom stereocenters. The lowest BCUT2D eigenvalue weighted by molar-refractivity contribution is -0.140. The third kappa shape index (κ3) is 6.37. The molecule has 1 saturated heterocycles. The summed E-state index contributed by atoms with van der Waals surface area (Å²) in [5, 5.41) is 12.8. The van der Waals surface area contributed by atoms with E-state index >= 15 is 0 Å². The molecule has 1 aliphatic rings. The average Bonchev–Trinajstić information content (AvgIpc) is 2.78. The van der Waals surface area contributed by atoms with Gasteiger partial charge >= 0.3 is 6.18 Å². The van der Waals surface area contributed by atoms with E-state index in [4.69, 9.17) is 0 Å². The average molecular weight is 465 g/mol. The van der Waals surface area contributed by atoms with E-state index in [2.05, 4.69) is 30.7 Å². The molecule has 12 heteroatoms. The molecule has 178 valence electrons. The lowest BCUT2D eigenvalue weighted by Crippen LogP contribution is -2.46. The lowest BCUT2D eigenvalue weighted by Gasteiger charge is -2.36. The second kappa shape index (κ2) is 10.6. The molecule has 0 saturated carbocycles. The Kier molecular flexibility index (Phi) is 7.79. The van der Waals surface area contributed by atoms with Crippen molar-refractivity contribution in [3.63, 3.8) is 0 Å². The minimum Gasteiger partial charge on any atom is -0.367 e. The van der Waals surface area contributed by atoms with Crippen molar-refractivity contribution in [3.05, 3.63) is 41.3 Å². The fourth-order valence-electron chi connectivity index (χ4n) is 3.56. The van der Waals surface area contributed by atoms with Gasteiger partial charge in [0.25, 0.3) is 5.91 Å². The first-order chi connectivity index (χ1) is 15.7. The zero-order valence-corrected chi connectivity index (χ0v) is 18.4. The van der Waals surface area contributed by atoms with Crippen molar-refractivity contribution in [3.8, 4) is 0 Å². The standard InChI is InChI=1S/C21H26F3N7O2/c1-3-4-18(32)28-17-11-14(12-26-29-17)13-30-7-9-31(10-8-30)16-6-5-15(20(33)25-2)27-19(16)21(22,23)24/h5-6,11-12H,3-4,7-10,13H2,1-2H3,(H,25,33)(H,28,29,32). The van der Waals surface area contributed by atoms with Gasteiger partial charge in [-0.05, 0) is 30.2 Å². The van der Waals surface area contributed by atoms with E-state index in [0.29, 0.717) is 45.0 Å². The number of nitrogens with one attached hydrogen (secondary N) is 2. The fourth-order valence-corrected chi connectivity index (χ4v) is 3.56. The summed E-state index contributed by atoms with van der Waals surface area (Å²) < 4.78 is 40.9. The van der Waals surface area contributed by atoms with Crippen LogP contribution in [0.25, 0.3) is 0 Å². The molecular weight excluding hydrogens is 439 g/mol. The summed E-state index contributed by atoms with van der Waals surface area (Å²) in [4.78, 5) is 30.8. The van der Waals surface area contributed by atoms with E-state index in [0.717, 1.165) is 12.0 Å². The molecule has 0 aliphatic carbocycles. The first kappa shape index (κ1) is 24.4. The van der Waals surface area contributed by atoms with Crippen molar-refractivity contribution in [2.45, 2.75) is 32.5 Å². The fraction of sp³-hybridized carbons (Fsp3) is 0.476. The van der Waals surface area contributed by atoms with Gasteiger partial charge in [-0.2, -0.15) is 18.3 Å². The van der Waals surface area contributed by atoms with Crippen molar-refractivity contribution >= 4 is 23.3 Å². The van der Waals surface area contributed by atoms with Gasteiger partial charge < -0.3 is 15.5 Å². The Labute approximate surface area is 189 Å². The summed E-state index contributed by atoms with van der Waals surface area (Å²) in [5.74, 6) is -0.427. The molecule has 0 aromatic carbocycles. The lowest BCUT2D eigenvalue weighted by atomic mass is 10.2. The van der Waals surface area contributed by atoms with Crippen LogP contribution in [0.2, 0.25) is 0 Å². The number of hydrogen-bond acceptors (Lipinski definition) is 7. The molecule has 0 bridgehead atoms. The number of hydrogen-bond donors (Lipinski definition) is 2. The first-order valence-corrected chi connectivity index (χ1v) is 10.6. The van der Waals surface area contributed by atoms with Crippen LogP contribution in [0, 0.1) is 0 Å². The molecular formula is C21H26F3N7O2. The van der Waals surface area contributed by atoms with Crippen molar-refractivity contribution in [1.29, 1.82) is 0 Å². The van der Waals surface area contributed by atoms with Crippen molar-refractivity contribution in [2.24, 2.45) is 0 Å². The van der Waals surface area contributed by atoms with Crippen LogP contribution in [0.1, 0.15) is 41.5 Å². The van der Waals surface area contributed by atoms with Crippen molar-refractivity contribution < 1.29 is 22.8 Å². The Bertz CT molecular complexity index is 992. The number of aromatic nitrogens is 3. The Morgan fingerprint density at radius 2 is 1.88 bits per heavy atom. The van der Waals surface area contributed by atoms with E-state index in [1.54, 1.807) is 17.2 Å². The predicted molar refractivity (Wildman–Crippen MR) is 116 cm³/mol. The van der Waals surface area contributed by atoms with Crippen LogP contribution >= 0.6 is 0 Å². The van der Waals surface area contributed by atoms with E-state index in [-0.39, 0.29) is 17.3 Å². The molecule has 0 unspecified atom stereocenters. The molecule has 1 aliphatic heterocycles. The Morgan fingerprint density at radius 3 is 2.52 bits per heavy atom. The second-order valence-corrected chi connectivity index (χ2v) is 7.65. The van der Waals surface area contributed by atoms with Gasteiger partial charge in [-0.3, -0.25) is 14.5 Å². The SMILES string of the molecule is CCCC(=O)Nc1cc(CN2CCN(c3ccc(C(=O)NC)nc3C(F)(F)F)CC2)cnn1. The summed E-state index contributed by atoms with van der Waals surface area (Å²) in [7, 11) is 1.34. The molecule has 3 heterocycles. The summed E-state index contributed by atoms with van der Waals surface area (Å²) in [6.07, 6.45) is -1.96. The highest BCUT2D eigenvalue weighted by atomic mass is 19.4. The van der Waals surface area contributed by atoms with Crippen LogP contribution in [0.3, 0.4) is 0 Å². The third-order valence-corrected chi connectivity index (χ3v) is 5.18. The normalized spacial score (nSPS) is 14.8. The number of carbonyl (C=O) groups excluding carboxylic acids is 2. The molecule has 2 aromatic heterocycles. The van der Waals surface area contributed by atoms with Gasteiger partial charge in [0.1, 0.15) is 5.69 Å². The van der Waals surface area contributed by atoms with E-state index < -0.39 is 17.8 Å². The number of nitrogens with zero attached hydrogens (tertiary/aromatic N) is 5. The number of halogens is 3. The predicted octanol–water partition coefficient (Wildman–Crippen LogP) is 2.31. The van der Waals surface area contributed by atoms with Gasteiger partial charge in [0.2, 0.25) is 5.91 Å². The van der Waals surface area contributed by atoms with Gasteiger partial charge in [0.15, 0.2) is 11.5 Å². The van der Waals surface area contributed by atoms with E-state index in [1.807, 2.05) is 6.92 Å². The Hall–Kier alpha value is -3.28. The summed E-state index contributed by atoms with van der Waals surface area (Å²) in [6, 6.07) is 4.34. The number of amides is 2. The molecule has 0 radical (unpaired) electrons. The largest absolute Gasteiger partial charge is 0.435 e. The summed E-state index contributed by atoms with van der Waals surface area (Å²) >= 11 is 0. The van der Waals surface area contributed by atoms with Crippen LogP contribution in [0.15, 0.2) is 24.4 Å². The maximum Gasteiger partial charge on any atom is 0.435 e. The molecule has 2 aromatic rings. The molecule has 2 N–H and O–H groups in total. The zero-order valence-electron chi connectivity index (χ0n) is 18.4. The summed E-state index contributed by atoms with van der Waals surface area (Å²) in [6.45, 7) is 4.21. The van der Waals surface area contributed by atoms with Crippen LogP contribution in [-0.2, 0) is 17.5 Å². The highest BCUT2D eigenvalue weighted by Gasteiger charge is 2.38. The number of piperazine rings is 1. The Morgan fingerprint density at radius 1 is 1.15 bits per heavy atom. The molecule has 1 fully saturated rings. The smallest absolute Gasteiger partial charge is 0.367 e. The minimum atomic E-state index is -4.68. The van der Waals surface area contributed by atoms with Crippen LogP contribution in [0.5, 0.6) is 0 Å². The molecule has 9 nitrogen and oxygen atoms in total. The van der Waals surface area contributed by atoms with Gasteiger partial charge in [-0.15, -0.1) is 5.10 Å². The van der Waals surface area contributed by atoms with Gasteiger partial charge in [0, 0.05) is 46.2 Å². The maximum absolute atomic E-state index is 13.6.